The van der Waals surface area contributed by atoms with Crippen LogP contribution in [0.15, 0.2) is 48.5 Å². The summed E-state index contributed by atoms with van der Waals surface area (Å²) in [6.07, 6.45) is 1.38. The van der Waals surface area contributed by atoms with Crippen molar-refractivity contribution < 1.29 is 22.4 Å². The van der Waals surface area contributed by atoms with Crippen molar-refractivity contribution in [2.75, 3.05) is 23.7 Å². The number of hydrogen-bond donors (Lipinski definition) is 1. The minimum Gasteiger partial charge on any atom is -0.355 e. The van der Waals surface area contributed by atoms with Crippen LogP contribution in [-0.2, 0) is 26.2 Å². The zero-order valence-electron chi connectivity index (χ0n) is 20.4. The van der Waals surface area contributed by atoms with Crippen LogP contribution in [0, 0.1) is 5.82 Å². The normalized spacial score (nSPS) is 12.3. The Kier molecular flexibility index (Phi) is 9.61. The van der Waals surface area contributed by atoms with Gasteiger partial charge in [-0.25, -0.2) is 12.8 Å². The average molecular weight is 492 g/mol. The Balaban J connectivity index is 2.41. The van der Waals surface area contributed by atoms with Crippen LogP contribution >= 0.6 is 0 Å². The molecule has 2 rings (SSSR count). The van der Waals surface area contributed by atoms with E-state index >= 15 is 0 Å². The first-order valence-electron chi connectivity index (χ1n) is 11.4. The lowest BCUT2D eigenvalue weighted by atomic mass is 10.0. The summed E-state index contributed by atoms with van der Waals surface area (Å²) in [5, 5.41) is 2.73. The number of benzene rings is 2. The van der Waals surface area contributed by atoms with E-state index < -0.39 is 34.3 Å². The van der Waals surface area contributed by atoms with Gasteiger partial charge in [0.2, 0.25) is 21.8 Å². The van der Waals surface area contributed by atoms with Gasteiger partial charge in [-0.05, 0) is 54.7 Å². The highest BCUT2D eigenvalue weighted by molar-refractivity contribution is 7.92. The zero-order chi connectivity index (χ0) is 25.5. The van der Waals surface area contributed by atoms with E-state index in [1.54, 1.807) is 38.1 Å². The number of anilines is 1. The van der Waals surface area contributed by atoms with Gasteiger partial charge < -0.3 is 10.2 Å². The Hall–Kier alpha value is -2.94. The SMILES string of the molecule is CCNC(=O)C(CC)N(Cc1ccc(F)cc1)C(=O)CN(c1ccc(C(C)C)cc1)S(C)(=O)=O. The van der Waals surface area contributed by atoms with E-state index in [2.05, 4.69) is 5.32 Å². The second-order valence-corrected chi connectivity index (χ2v) is 10.4. The van der Waals surface area contributed by atoms with Crippen molar-refractivity contribution in [1.29, 1.82) is 0 Å². The molecule has 0 aliphatic heterocycles. The molecule has 2 aromatic carbocycles. The molecule has 0 radical (unpaired) electrons. The number of sulfonamides is 1. The molecule has 0 saturated carbocycles. The summed E-state index contributed by atoms with van der Waals surface area (Å²) in [6.45, 7) is 7.60. The van der Waals surface area contributed by atoms with E-state index in [9.17, 15) is 22.4 Å². The highest BCUT2D eigenvalue weighted by atomic mass is 32.2. The Bertz CT molecular complexity index is 1070. The number of carbonyl (C=O) groups is 2. The average Bonchev–Trinajstić information content (AvgIpc) is 2.78. The molecule has 0 spiro atoms. The van der Waals surface area contributed by atoms with Crippen LogP contribution < -0.4 is 9.62 Å². The van der Waals surface area contributed by atoms with E-state index in [-0.39, 0.29) is 18.4 Å². The summed E-state index contributed by atoms with van der Waals surface area (Å²) >= 11 is 0. The van der Waals surface area contributed by atoms with Crippen LogP contribution in [0.2, 0.25) is 0 Å². The molecular formula is C25H34FN3O4S. The molecule has 0 bridgehead atoms. The van der Waals surface area contributed by atoms with E-state index in [4.69, 9.17) is 0 Å². The van der Waals surface area contributed by atoms with Gasteiger partial charge >= 0.3 is 0 Å². The minimum absolute atomic E-state index is 0.0403. The maximum Gasteiger partial charge on any atom is 0.244 e. The van der Waals surface area contributed by atoms with E-state index in [0.717, 1.165) is 16.1 Å². The molecule has 7 nitrogen and oxygen atoms in total. The maximum atomic E-state index is 13.5. The lowest BCUT2D eigenvalue weighted by Crippen LogP contribution is -2.52. The maximum absolute atomic E-state index is 13.5. The predicted molar refractivity (Wildman–Crippen MR) is 132 cm³/mol. The Morgan fingerprint density at radius 2 is 1.59 bits per heavy atom. The first kappa shape index (κ1) is 27.3. The predicted octanol–water partition coefficient (Wildman–Crippen LogP) is 3.66. The van der Waals surface area contributed by atoms with Gasteiger partial charge in [0.25, 0.3) is 0 Å². The monoisotopic (exact) mass is 491 g/mol. The molecule has 0 aliphatic rings. The number of likely N-dealkylation sites (N-methyl/N-ethyl adjacent to an activating group) is 1. The number of hydrogen-bond acceptors (Lipinski definition) is 4. The third kappa shape index (κ3) is 7.28. The smallest absolute Gasteiger partial charge is 0.244 e. The summed E-state index contributed by atoms with van der Waals surface area (Å²) in [6, 6.07) is 11.9. The van der Waals surface area contributed by atoms with Crippen LogP contribution in [0.3, 0.4) is 0 Å². The molecule has 1 N–H and O–H groups in total. The van der Waals surface area contributed by atoms with Crippen LogP contribution in [0.5, 0.6) is 0 Å². The quantitative estimate of drug-likeness (QED) is 0.520. The summed E-state index contributed by atoms with van der Waals surface area (Å²) in [7, 11) is -3.79. The van der Waals surface area contributed by atoms with Crippen molar-refractivity contribution in [2.45, 2.75) is 52.6 Å². The standard InChI is InChI=1S/C25H34FN3O4S/c1-6-23(25(31)27-7-2)28(16-19-8-12-21(26)13-9-19)24(30)17-29(34(5,32)33)22-14-10-20(11-15-22)18(3)4/h8-15,18,23H,6-7,16-17H2,1-5H3,(H,27,31). The summed E-state index contributed by atoms with van der Waals surface area (Å²) in [5.74, 6) is -0.991. The fraction of sp³-hybridized carbons (Fsp3) is 0.440. The molecule has 0 fully saturated rings. The first-order valence-corrected chi connectivity index (χ1v) is 13.2. The lowest BCUT2D eigenvalue weighted by Gasteiger charge is -2.32. The van der Waals surface area contributed by atoms with Gasteiger partial charge in [0.1, 0.15) is 18.4 Å². The Morgan fingerprint density at radius 3 is 2.06 bits per heavy atom. The fourth-order valence-corrected chi connectivity index (χ4v) is 4.49. The largest absolute Gasteiger partial charge is 0.355 e. The van der Waals surface area contributed by atoms with Gasteiger partial charge in [0.05, 0.1) is 11.9 Å². The van der Waals surface area contributed by atoms with Gasteiger partial charge in [-0.2, -0.15) is 0 Å². The van der Waals surface area contributed by atoms with E-state index in [0.29, 0.717) is 24.2 Å². The number of nitrogens with zero attached hydrogens (tertiary/aromatic N) is 2. The summed E-state index contributed by atoms with van der Waals surface area (Å²) < 4.78 is 39.7. The van der Waals surface area contributed by atoms with Gasteiger partial charge in [0.15, 0.2) is 0 Å². The molecule has 2 amide bonds. The molecule has 0 heterocycles. The van der Waals surface area contributed by atoms with Crippen molar-refractivity contribution in [3.05, 3.63) is 65.5 Å². The molecule has 186 valence electrons. The van der Waals surface area contributed by atoms with Crippen LogP contribution in [0.25, 0.3) is 0 Å². The topological polar surface area (TPSA) is 86.8 Å². The van der Waals surface area contributed by atoms with E-state index in [1.165, 1.54) is 17.0 Å². The minimum atomic E-state index is -3.79. The molecule has 0 aromatic heterocycles. The number of amides is 2. The molecule has 1 atom stereocenters. The van der Waals surface area contributed by atoms with Crippen LogP contribution in [0.4, 0.5) is 10.1 Å². The number of carbonyl (C=O) groups excluding carboxylic acids is 2. The van der Waals surface area contributed by atoms with Crippen molar-refractivity contribution in [2.24, 2.45) is 0 Å². The first-order chi connectivity index (χ1) is 16.0. The molecule has 2 aromatic rings. The second kappa shape index (κ2) is 12.0. The summed E-state index contributed by atoms with van der Waals surface area (Å²) in [4.78, 5) is 27.6. The van der Waals surface area contributed by atoms with Crippen LogP contribution in [-0.4, -0.2) is 50.5 Å². The number of halogens is 1. The third-order valence-electron chi connectivity index (χ3n) is 5.53. The van der Waals surface area contributed by atoms with Crippen molar-refractivity contribution in [1.82, 2.24) is 10.2 Å². The number of rotatable bonds is 11. The molecule has 9 heteroatoms. The van der Waals surface area contributed by atoms with Gasteiger partial charge in [-0.3, -0.25) is 13.9 Å². The van der Waals surface area contributed by atoms with E-state index in [1.807, 2.05) is 26.0 Å². The van der Waals surface area contributed by atoms with Crippen molar-refractivity contribution >= 4 is 27.5 Å². The molecule has 0 aliphatic carbocycles. The third-order valence-corrected chi connectivity index (χ3v) is 6.67. The fourth-order valence-electron chi connectivity index (χ4n) is 3.64. The van der Waals surface area contributed by atoms with Gasteiger partial charge in [-0.1, -0.05) is 45.0 Å². The Labute approximate surface area is 202 Å². The molecule has 0 saturated heterocycles. The molecule has 1 unspecified atom stereocenters. The van der Waals surface area contributed by atoms with Crippen molar-refractivity contribution in [3.63, 3.8) is 0 Å². The lowest BCUT2D eigenvalue weighted by molar-refractivity contribution is -0.140. The highest BCUT2D eigenvalue weighted by Crippen LogP contribution is 2.23. The second-order valence-electron chi connectivity index (χ2n) is 8.48. The molecule has 34 heavy (non-hydrogen) atoms. The molecular weight excluding hydrogens is 457 g/mol. The number of nitrogens with one attached hydrogen (secondary N) is 1. The van der Waals surface area contributed by atoms with Crippen molar-refractivity contribution in [3.8, 4) is 0 Å². The van der Waals surface area contributed by atoms with Gasteiger partial charge in [0, 0.05) is 13.1 Å². The zero-order valence-corrected chi connectivity index (χ0v) is 21.2. The highest BCUT2D eigenvalue weighted by Gasteiger charge is 2.31. The van der Waals surface area contributed by atoms with Crippen LogP contribution in [0.1, 0.15) is 51.2 Å². The van der Waals surface area contributed by atoms with Gasteiger partial charge in [-0.15, -0.1) is 0 Å². The summed E-state index contributed by atoms with van der Waals surface area (Å²) in [5.41, 5.74) is 2.04. The Morgan fingerprint density at radius 1 is 1.00 bits per heavy atom.